The number of rotatable bonds is 7. The minimum absolute atomic E-state index is 0.0711. The van der Waals surface area contributed by atoms with Crippen molar-refractivity contribution in [2.75, 3.05) is 19.6 Å². The highest BCUT2D eigenvalue weighted by atomic mass is 16.6. The molecule has 0 aliphatic carbocycles. The molecule has 0 bridgehead atoms. The number of ether oxygens (including phenoxy) is 3. The van der Waals surface area contributed by atoms with Crippen molar-refractivity contribution >= 4 is 24.2 Å². The Kier molecular flexibility index (Phi) is 11.1. The lowest BCUT2D eigenvalue weighted by atomic mass is 9.94. The molecule has 1 heterocycles. The molecule has 0 atom stereocenters. The summed E-state index contributed by atoms with van der Waals surface area (Å²) in [5.74, 6) is 0.462. The van der Waals surface area contributed by atoms with Crippen molar-refractivity contribution in [3.05, 3.63) is 71.8 Å². The van der Waals surface area contributed by atoms with E-state index in [4.69, 9.17) is 14.2 Å². The number of amides is 3. The molecule has 1 aliphatic rings. The number of carbonyl (C=O) groups excluding carboxylic acids is 3. The summed E-state index contributed by atoms with van der Waals surface area (Å²) < 4.78 is 15.9. The molecule has 10 nitrogen and oxygen atoms in total. The first-order valence-electron chi connectivity index (χ1n) is 13.2. The fraction of sp³-hybridized carbons (Fsp3) is 0.448. The average Bonchev–Trinajstić information content (AvgIpc) is 2.91. The summed E-state index contributed by atoms with van der Waals surface area (Å²) in [5.41, 5.74) is 1.13. The van der Waals surface area contributed by atoms with E-state index in [0.717, 1.165) is 30.4 Å². The van der Waals surface area contributed by atoms with E-state index in [1.165, 1.54) is 0 Å². The van der Waals surface area contributed by atoms with Crippen LogP contribution in [0.4, 0.5) is 14.4 Å². The van der Waals surface area contributed by atoms with E-state index < -0.39 is 23.9 Å². The van der Waals surface area contributed by atoms with Crippen LogP contribution in [0, 0.1) is 5.92 Å². The van der Waals surface area contributed by atoms with Gasteiger partial charge in [-0.3, -0.25) is 5.32 Å². The molecule has 210 valence electrons. The molecule has 10 heteroatoms. The van der Waals surface area contributed by atoms with Crippen LogP contribution in [-0.2, 0) is 27.4 Å². The van der Waals surface area contributed by atoms with E-state index in [1.807, 2.05) is 86.3 Å². The topological polar surface area (TPSA) is 119 Å². The number of hydrogen-bond donors (Lipinski definition) is 2. The number of nitrogens with one attached hydrogen (secondary N) is 2. The summed E-state index contributed by atoms with van der Waals surface area (Å²) in [4.78, 5) is 42.8. The highest BCUT2D eigenvalue weighted by Crippen LogP contribution is 2.20. The molecule has 0 saturated carbocycles. The zero-order chi connectivity index (χ0) is 28.1. The summed E-state index contributed by atoms with van der Waals surface area (Å²) in [6.45, 7) is 7.28. The van der Waals surface area contributed by atoms with E-state index in [2.05, 4.69) is 15.6 Å². The Morgan fingerprint density at radius 2 is 1.44 bits per heavy atom. The maximum absolute atomic E-state index is 12.6. The Hall–Kier alpha value is -4.08. The number of nitrogens with zero attached hydrogens (tertiary/aromatic N) is 2. The molecular formula is C29H38N4O6. The molecule has 2 N–H and O–H groups in total. The van der Waals surface area contributed by atoms with Gasteiger partial charge in [0, 0.05) is 19.6 Å². The number of piperidine rings is 1. The van der Waals surface area contributed by atoms with E-state index in [-0.39, 0.29) is 19.2 Å². The minimum atomic E-state index is -0.805. The smallest absolute Gasteiger partial charge is 0.437 e. The van der Waals surface area contributed by atoms with Gasteiger partial charge in [0.15, 0.2) is 0 Å². The lowest BCUT2D eigenvalue weighted by molar-refractivity contribution is 0.0523. The highest BCUT2D eigenvalue weighted by molar-refractivity contribution is 5.98. The Morgan fingerprint density at radius 3 is 2.00 bits per heavy atom. The molecule has 0 unspecified atom stereocenters. The maximum Gasteiger partial charge on any atom is 0.437 e. The fourth-order valence-electron chi connectivity index (χ4n) is 3.99. The van der Waals surface area contributed by atoms with Gasteiger partial charge in [-0.05, 0) is 57.1 Å². The Bertz CT molecular complexity index is 1090. The van der Waals surface area contributed by atoms with Crippen molar-refractivity contribution in [3.8, 4) is 0 Å². The SMILES string of the molecule is CC(C)(C)OC(=O)NCCC1CCN(C(=NC(=O)OCc2ccccc2)NC(=O)OCc2ccccc2)CC1. The van der Waals surface area contributed by atoms with Crippen LogP contribution in [-0.4, -0.2) is 54.4 Å². The van der Waals surface area contributed by atoms with Crippen molar-refractivity contribution in [1.82, 2.24) is 15.5 Å². The first-order chi connectivity index (χ1) is 18.7. The van der Waals surface area contributed by atoms with Crippen LogP contribution in [0.5, 0.6) is 0 Å². The summed E-state index contributed by atoms with van der Waals surface area (Å²) in [7, 11) is 0. The summed E-state index contributed by atoms with van der Waals surface area (Å²) >= 11 is 0. The Morgan fingerprint density at radius 1 is 0.872 bits per heavy atom. The van der Waals surface area contributed by atoms with Crippen molar-refractivity contribution in [2.24, 2.45) is 10.9 Å². The number of hydrogen-bond acceptors (Lipinski definition) is 6. The Balaban J connectivity index is 1.54. The molecule has 1 saturated heterocycles. The molecule has 0 spiro atoms. The van der Waals surface area contributed by atoms with Gasteiger partial charge in [0.2, 0.25) is 5.96 Å². The molecule has 2 aromatic carbocycles. The monoisotopic (exact) mass is 538 g/mol. The number of alkyl carbamates (subject to hydrolysis) is 2. The third-order valence-electron chi connectivity index (χ3n) is 5.96. The van der Waals surface area contributed by atoms with Gasteiger partial charge in [0.1, 0.15) is 18.8 Å². The van der Waals surface area contributed by atoms with Gasteiger partial charge in [0.25, 0.3) is 0 Å². The molecule has 3 amide bonds. The predicted octanol–water partition coefficient (Wildman–Crippen LogP) is 5.23. The normalized spacial score (nSPS) is 14.3. The second-order valence-electron chi connectivity index (χ2n) is 10.3. The third kappa shape index (κ3) is 11.5. The van der Waals surface area contributed by atoms with Gasteiger partial charge in [-0.25, -0.2) is 14.4 Å². The molecule has 1 aliphatic heterocycles. The van der Waals surface area contributed by atoms with Gasteiger partial charge in [-0.1, -0.05) is 60.7 Å². The quantitative estimate of drug-likeness (QED) is 0.281. The van der Waals surface area contributed by atoms with Crippen LogP contribution in [0.3, 0.4) is 0 Å². The molecule has 1 fully saturated rings. The molecule has 39 heavy (non-hydrogen) atoms. The van der Waals surface area contributed by atoms with Gasteiger partial charge >= 0.3 is 18.3 Å². The van der Waals surface area contributed by atoms with E-state index in [0.29, 0.717) is 25.6 Å². The van der Waals surface area contributed by atoms with E-state index in [9.17, 15) is 14.4 Å². The van der Waals surface area contributed by atoms with E-state index in [1.54, 1.807) is 0 Å². The van der Waals surface area contributed by atoms with Gasteiger partial charge in [-0.15, -0.1) is 4.99 Å². The average molecular weight is 539 g/mol. The molecular weight excluding hydrogens is 500 g/mol. The molecule has 0 aromatic heterocycles. The summed E-state index contributed by atoms with van der Waals surface area (Å²) in [6, 6.07) is 18.6. The van der Waals surface area contributed by atoms with Gasteiger partial charge in [-0.2, -0.15) is 0 Å². The van der Waals surface area contributed by atoms with Crippen molar-refractivity contribution in [1.29, 1.82) is 0 Å². The van der Waals surface area contributed by atoms with E-state index >= 15 is 0 Å². The largest absolute Gasteiger partial charge is 0.444 e. The third-order valence-corrected chi connectivity index (χ3v) is 5.96. The zero-order valence-corrected chi connectivity index (χ0v) is 22.9. The minimum Gasteiger partial charge on any atom is -0.444 e. The van der Waals surface area contributed by atoms with Crippen LogP contribution in [0.2, 0.25) is 0 Å². The summed E-state index contributed by atoms with van der Waals surface area (Å²) in [6.07, 6.45) is 0.453. The van der Waals surface area contributed by atoms with Crippen LogP contribution in [0.25, 0.3) is 0 Å². The highest BCUT2D eigenvalue weighted by Gasteiger charge is 2.25. The Labute approximate surface area is 229 Å². The van der Waals surface area contributed by atoms with Crippen LogP contribution < -0.4 is 10.6 Å². The van der Waals surface area contributed by atoms with Gasteiger partial charge in [0.05, 0.1) is 0 Å². The molecule has 2 aromatic rings. The van der Waals surface area contributed by atoms with Crippen LogP contribution >= 0.6 is 0 Å². The lowest BCUT2D eigenvalue weighted by Crippen LogP contribution is -2.48. The molecule has 3 rings (SSSR count). The van der Waals surface area contributed by atoms with Crippen LogP contribution in [0.1, 0.15) is 51.2 Å². The lowest BCUT2D eigenvalue weighted by Gasteiger charge is -2.33. The fourth-order valence-corrected chi connectivity index (χ4v) is 3.99. The standard InChI is InChI=1S/C29H38N4O6/c1-29(2,3)39-26(34)30-17-14-22-15-18-33(19-16-22)25(31-27(35)37-20-23-10-6-4-7-11-23)32-28(36)38-21-24-12-8-5-9-13-24/h4-13,22H,14-21H2,1-3H3,(H,30,34)(H,31,32,35,36). The molecule has 0 radical (unpaired) electrons. The first-order valence-corrected chi connectivity index (χ1v) is 13.2. The van der Waals surface area contributed by atoms with Crippen molar-refractivity contribution in [2.45, 2.75) is 58.8 Å². The summed E-state index contributed by atoms with van der Waals surface area (Å²) in [5, 5.41) is 5.42. The number of benzene rings is 2. The number of carbonyl (C=O) groups is 3. The van der Waals surface area contributed by atoms with Crippen LogP contribution in [0.15, 0.2) is 65.7 Å². The number of aliphatic imine (C=N–C) groups is 1. The number of guanidine groups is 1. The second kappa shape index (κ2) is 14.8. The van der Waals surface area contributed by atoms with Crippen molar-refractivity contribution in [3.63, 3.8) is 0 Å². The first kappa shape index (κ1) is 29.5. The van der Waals surface area contributed by atoms with Crippen molar-refractivity contribution < 1.29 is 28.6 Å². The van der Waals surface area contributed by atoms with Gasteiger partial charge < -0.3 is 24.4 Å². The second-order valence-corrected chi connectivity index (χ2v) is 10.3. The zero-order valence-electron chi connectivity index (χ0n) is 22.9. The number of likely N-dealkylation sites (tertiary alicyclic amines) is 1. The maximum atomic E-state index is 12.6. The predicted molar refractivity (Wildman–Crippen MR) is 147 cm³/mol.